The minimum atomic E-state index is -0.515. The Morgan fingerprint density at radius 2 is 1.75 bits per heavy atom. The number of hydrogen-bond donors (Lipinski definition) is 1. The Morgan fingerprint density at radius 1 is 1.11 bits per heavy atom. The Balaban J connectivity index is 1.70. The summed E-state index contributed by atoms with van der Waals surface area (Å²) in [7, 11) is 0. The number of nitrogens with zero attached hydrogens (tertiary/aromatic N) is 2. The minimum absolute atomic E-state index is 0.174. The van der Waals surface area contributed by atoms with Gasteiger partial charge in [-0.25, -0.2) is 5.01 Å². The second-order valence-electron chi connectivity index (χ2n) is 7.17. The van der Waals surface area contributed by atoms with E-state index in [2.05, 4.69) is 10.4 Å². The van der Waals surface area contributed by atoms with Crippen LogP contribution in [0.15, 0.2) is 65.7 Å². The van der Waals surface area contributed by atoms with Crippen molar-refractivity contribution in [1.82, 2.24) is 10.4 Å². The monoisotopic (exact) mass is 379 g/mol. The molecule has 2 aromatic rings. The predicted molar refractivity (Wildman–Crippen MR) is 107 cm³/mol. The second kappa shape index (κ2) is 9.17. The number of carbonyl (C=O) groups excluding carboxylic acids is 2. The number of aliphatic imine (C=N–C) groups is 1. The highest BCUT2D eigenvalue weighted by Gasteiger charge is 2.32. The van der Waals surface area contributed by atoms with E-state index in [1.165, 1.54) is 5.01 Å². The molecule has 28 heavy (non-hydrogen) atoms. The van der Waals surface area contributed by atoms with Crippen LogP contribution in [0.2, 0.25) is 0 Å². The van der Waals surface area contributed by atoms with Crippen LogP contribution in [0.25, 0.3) is 0 Å². The number of amides is 1. The van der Waals surface area contributed by atoms with Crippen molar-refractivity contribution in [2.45, 2.75) is 32.9 Å². The highest BCUT2D eigenvalue weighted by molar-refractivity contribution is 6.04. The summed E-state index contributed by atoms with van der Waals surface area (Å²) in [6.45, 7) is 4.10. The van der Waals surface area contributed by atoms with Crippen molar-refractivity contribution in [3.8, 4) is 0 Å². The molecular weight excluding hydrogens is 354 g/mol. The number of esters is 1. The number of ether oxygens (including phenoxy) is 1. The number of rotatable bonds is 7. The van der Waals surface area contributed by atoms with E-state index in [0.29, 0.717) is 18.2 Å². The molecule has 0 saturated carbocycles. The first-order valence-corrected chi connectivity index (χ1v) is 9.43. The lowest BCUT2D eigenvalue weighted by Gasteiger charge is -2.32. The van der Waals surface area contributed by atoms with Crippen LogP contribution < -0.4 is 5.43 Å². The molecule has 0 radical (unpaired) electrons. The number of nitrogens with one attached hydrogen (secondary N) is 1. The molecule has 0 aromatic heterocycles. The van der Waals surface area contributed by atoms with Gasteiger partial charge in [-0.15, -0.1) is 0 Å². The summed E-state index contributed by atoms with van der Waals surface area (Å²) < 4.78 is 5.32. The van der Waals surface area contributed by atoms with Gasteiger partial charge in [0.2, 0.25) is 0 Å². The van der Waals surface area contributed by atoms with Crippen molar-refractivity contribution in [2.75, 3.05) is 6.54 Å². The molecule has 0 unspecified atom stereocenters. The smallest absolute Gasteiger partial charge is 0.328 e. The van der Waals surface area contributed by atoms with E-state index in [1.54, 1.807) is 0 Å². The maximum atomic E-state index is 12.8. The van der Waals surface area contributed by atoms with E-state index in [4.69, 9.17) is 4.74 Å². The van der Waals surface area contributed by atoms with Gasteiger partial charge in [-0.1, -0.05) is 74.5 Å². The molecule has 1 amide bonds. The van der Waals surface area contributed by atoms with Crippen LogP contribution in [0.4, 0.5) is 0 Å². The Labute approximate surface area is 165 Å². The summed E-state index contributed by atoms with van der Waals surface area (Å²) in [6.07, 6.45) is 0.617. The van der Waals surface area contributed by atoms with E-state index < -0.39 is 12.0 Å². The SMILES string of the molecule is CC(C)C[C@@H]1N=C(c2ccccc2)NN(CC(=O)OCc2ccccc2)C1=O. The molecule has 6 nitrogen and oxygen atoms in total. The summed E-state index contributed by atoms with van der Waals surface area (Å²) in [5.74, 6) is 0.203. The van der Waals surface area contributed by atoms with Gasteiger partial charge in [0, 0.05) is 5.56 Å². The number of hydrogen-bond acceptors (Lipinski definition) is 5. The first kappa shape index (κ1) is 19.6. The van der Waals surface area contributed by atoms with Crippen LogP contribution in [0.5, 0.6) is 0 Å². The number of benzene rings is 2. The molecule has 1 aliphatic rings. The molecule has 3 rings (SSSR count). The van der Waals surface area contributed by atoms with Gasteiger partial charge in [-0.05, 0) is 17.9 Å². The van der Waals surface area contributed by atoms with Crippen molar-refractivity contribution < 1.29 is 14.3 Å². The molecule has 0 aliphatic carbocycles. The van der Waals surface area contributed by atoms with Gasteiger partial charge in [0.25, 0.3) is 5.91 Å². The molecule has 6 heteroatoms. The first-order chi connectivity index (χ1) is 13.5. The third kappa shape index (κ3) is 5.19. The lowest BCUT2D eigenvalue weighted by molar-refractivity contribution is -0.152. The quantitative estimate of drug-likeness (QED) is 0.751. The summed E-state index contributed by atoms with van der Waals surface area (Å²) in [5, 5.41) is 1.32. The normalized spacial score (nSPS) is 16.5. The van der Waals surface area contributed by atoms with Gasteiger partial charge in [-0.2, -0.15) is 0 Å². The van der Waals surface area contributed by atoms with Crippen LogP contribution in [-0.4, -0.2) is 35.3 Å². The minimum Gasteiger partial charge on any atom is -0.459 e. The van der Waals surface area contributed by atoms with Gasteiger partial charge in [0.05, 0.1) is 0 Å². The highest BCUT2D eigenvalue weighted by atomic mass is 16.5. The fourth-order valence-electron chi connectivity index (χ4n) is 2.97. The zero-order chi connectivity index (χ0) is 19.9. The summed E-state index contributed by atoms with van der Waals surface area (Å²) in [4.78, 5) is 29.7. The summed E-state index contributed by atoms with van der Waals surface area (Å²) in [6, 6.07) is 18.5. The maximum Gasteiger partial charge on any atom is 0.328 e. The second-order valence-corrected chi connectivity index (χ2v) is 7.17. The molecule has 0 spiro atoms. The van der Waals surface area contributed by atoms with Crippen molar-refractivity contribution in [2.24, 2.45) is 10.9 Å². The van der Waals surface area contributed by atoms with Gasteiger partial charge in [0.1, 0.15) is 25.0 Å². The highest BCUT2D eigenvalue weighted by Crippen LogP contribution is 2.16. The third-order valence-corrected chi connectivity index (χ3v) is 4.35. The van der Waals surface area contributed by atoms with Crippen LogP contribution in [0.3, 0.4) is 0 Å². The lowest BCUT2D eigenvalue weighted by Crippen LogP contribution is -2.56. The summed E-state index contributed by atoms with van der Waals surface area (Å²) >= 11 is 0. The van der Waals surface area contributed by atoms with Gasteiger partial charge in [0.15, 0.2) is 0 Å². The molecule has 0 bridgehead atoms. The molecule has 1 heterocycles. The fraction of sp³-hybridized carbons (Fsp3) is 0.318. The molecule has 1 atom stereocenters. The van der Waals surface area contributed by atoms with E-state index in [-0.39, 0.29) is 19.1 Å². The third-order valence-electron chi connectivity index (χ3n) is 4.35. The van der Waals surface area contributed by atoms with Crippen LogP contribution in [0.1, 0.15) is 31.4 Å². The van der Waals surface area contributed by atoms with Gasteiger partial charge < -0.3 is 4.74 Å². The Morgan fingerprint density at radius 3 is 2.39 bits per heavy atom. The predicted octanol–water partition coefficient (Wildman–Crippen LogP) is 2.94. The average Bonchev–Trinajstić information content (AvgIpc) is 2.70. The molecule has 0 fully saturated rings. The van der Waals surface area contributed by atoms with Crippen LogP contribution in [-0.2, 0) is 20.9 Å². The van der Waals surface area contributed by atoms with E-state index >= 15 is 0 Å². The number of carbonyl (C=O) groups is 2. The molecule has 2 aromatic carbocycles. The fourth-order valence-corrected chi connectivity index (χ4v) is 2.97. The average molecular weight is 379 g/mol. The van der Waals surface area contributed by atoms with Crippen LogP contribution in [0, 0.1) is 5.92 Å². The van der Waals surface area contributed by atoms with E-state index in [0.717, 1.165) is 11.1 Å². The molecule has 146 valence electrons. The largest absolute Gasteiger partial charge is 0.459 e. The first-order valence-electron chi connectivity index (χ1n) is 9.43. The Kier molecular flexibility index (Phi) is 6.42. The van der Waals surface area contributed by atoms with Gasteiger partial charge in [-0.3, -0.25) is 20.0 Å². The maximum absolute atomic E-state index is 12.8. The number of amidine groups is 1. The Bertz CT molecular complexity index is 835. The van der Waals surface area contributed by atoms with E-state index in [1.807, 2.05) is 74.5 Å². The summed E-state index contributed by atoms with van der Waals surface area (Å²) in [5.41, 5.74) is 4.75. The van der Waals surface area contributed by atoms with Crippen molar-refractivity contribution in [3.05, 3.63) is 71.8 Å². The lowest BCUT2D eigenvalue weighted by atomic mass is 10.0. The topological polar surface area (TPSA) is 71.0 Å². The zero-order valence-corrected chi connectivity index (χ0v) is 16.2. The standard InChI is InChI=1S/C22H25N3O3/c1-16(2)13-19-22(27)25(24-21(23-19)18-11-7-4-8-12-18)14-20(26)28-15-17-9-5-3-6-10-17/h3-12,16,19H,13-15H2,1-2H3,(H,23,24)/t19-/m0/s1. The number of hydrazine groups is 1. The molecular formula is C22H25N3O3. The van der Waals surface area contributed by atoms with E-state index in [9.17, 15) is 9.59 Å². The van der Waals surface area contributed by atoms with Crippen molar-refractivity contribution in [1.29, 1.82) is 0 Å². The van der Waals surface area contributed by atoms with Crippen molar-refractivity contribution in [3.63, 3.8) is 0 Å². The zero-order valence-electron chi connectivity index (χ0n) is 16.2. The molecule has 1 N–H and O–H groups in total. The molecule has 0 saturated heterocycles. The molecule has 1 aliphatic heterocycles. The Hall–Kier alpha value is -3.15. The van der Waals surface area contributed by atoms with Crippen LogP contribution >= 0.6 is 0 Å². The van der Waals surface area contributed by atoms with Gasteiger partial charge >= 0.3 is 5.97 Å². The van der Waals surface area contributed by atoms with Crippen molar-refractivity contribution >= 4 is 17.7 Å².